The standard InChI is InChI=1S/C18H18FNO/c1-3-20-12(2)13-8-9-16(19)15(10-13)18-11-14-6-4-5-7-17(14)21-18/h4-12,20H,3H2,1-2H3. The van der Waals surface area contributed by atoms with E-state index in [9.17, 15) is 4.39 Å². The molecule has 3 aromatic rings. The van der Waals surface area contributed by atoms with Crippen LogP contribution in [0.15, 0.2) is 52.9 Å². The Morgan fingerprint density at radius 2 is 1.95 bits per heavy atom. The van der Waals surface area contributed by atoms with Crippen LogP contribution in [0.3, 0.4) is 0 Å². The SMILES string of the molecule is CCNC(C)c1ccc(F)c(-c2cc3ccccc3o2)c1. The van der Waals surface area contributed by atoms with Gasteiger partial charge in [0.05, 0.1) is 5.56 Å². The second-order valence-corrected chi connectivity index (χ2v) is 5.17. The first kappa shape index (κ1) is 13.8. The van der Waals surface area contributed by atoms with Gasteiger partial charge in [-0.3, -0.25) is 0 Å². The number of fused-ring (bicyclic) bond motifs is 1. The van der Waals surface area contributed by atoms with E-state index >= 15 is 0 Å². The van der Waals surface area contributed by atoms with Crippen molar-refractivity contribution in [2.45, 2.75) is 19.9 Å². The summed E-state index contributed by atoms with van der Waals surface area (Å²) in [5.74, 6) is 0.306. The van der Waals surface area contributed by atoms with Crippen molar-refractivity contribution in [3.8, 4) is 11.3 Å². The van der Waals surface area contributed by atoms with E-state index in [-0.39, 0.29) is 11.9 Å². The third-order valence-corrected chi connectivity index (χ3v) is 3.69. The lowest BCUT2D eigenvalue weighted by atomic mass is 10.0. The Balaban J connectivity index is 2.06. The molecular weight excluding hydrogens is 265 g/mol. The van der Waals surface area contributed by atoms with Gasteiger partial charge < -0.3 is 9.73 Å². The zero-order chi connectivity index (χ0) is 14.8. The normalized spacial score (nSPS) is 12.7. The van der Waals surface area contributed by atoms with E-state index in [1.54, 1.807) is 0 Å². The fourth-order valence-corrected chi connectivity index (χ4v) is 2.54. The van der Waals surface area contributed by atoms with Crippen LogP contribution in [-0.2, 0) is 0 Å². The zero-order valence-electron chi connectivity index (χ0n) is 12.2. The van der Waals surface area contributed by atoms with E-state index < -0.39 is 0 Å². The number of para-hydroxylation sites is 1. The second-order valence-electron chi connectivity index (χ2n) is 5.17. The molecule has 21 heavy (non-hydrogen) atoms. The smallest absolute Gasteiger partial charge is 0.138 e. The monoisotopic (exact) mass is 283 g/mol. The molecule has 0 saturated heterocycles. The van der Waals surface area contributed by atoms with Crippen LogP contribution in [0, 0.1) is 5.82 Å². The number of nitrogens with one attached hydrogen (secondary N) is 1. The summed E-state index contributed by atoms with van der Waals surface area (Å²) in [7, 11) is 0. The second kappa shape index (κ2) is 5.70. The maximum absolute atomic E-state index is 14.2. The van der Waals surface area contributed by atoms with Gasteiger partial charge in [0.25, 0.3) is 0 Å². The third-order valence-electron chi connectivity index (χ3n) is 3.69. The van der Waals surface area contributed by atoms with Crippen LogP contribution in [0.2, 0.25) is 0 Å². The van der Waals surface area contributed by atoms with E-state index in [0.717, 1.165) is 23.1 Å². The molecule has 3 rings (SSSR count). The van der Waals surface area contributed by atoms with E-state index in [4.69, 9.17) is 4.42 Å². The molecule has 1 atom stereocenters. The number of benzene rings is 2. The summed E-state index contributed by atoms with van der Waals surface area (Å²) in [6, 6.07) is 15.0. The maximum Gasteiger partial charge on any atom is 0.138 e. The molecule has 1 heterocycles. The number of hydrogen-bond donors (Lipinski definition) is 1. The first-order chi connectivity index (χ1) is 10.2. The lowest BCUT2D eigenvalue weighted by Crippen LogP contribution is -2.17. The van der Waals surface area contributed by atoms with Gasteiger partial charge in [0, 0.05) is 11.4 Å². The van der Waals surface area contributed by atoms with Crippen LogP contribution in [0.4, 0.5) is 4.39 Å². The van der Waals surface area contributed by atoms with E-state index in [1.165, 1.54) is 6.07 Å². The van der Waals surface area contributed by atoms with Crippen molar-refractivity contribution in [1.29, 1.82) is 0 Å². The first-order valence-electron chi connectivity index (χ1n) is 7.21. The summed E-state index contributed by atoms with van der Waals surface area (Å²) in [5, 5.41) is 4.32. The van der Waals surface area contributed by atoms with Crippen LogP contribution in [-0.4, -0.2) is 6.54 Å². The summed E-state index contributed by atoms with van der Waals surface area (Å²) < 4.78 is 19.9. The van der Waals surface area contributed by atoms with Crippen molar-refractivity contribution >= 4 is 11.0 Å². The van der Waals surface area contributed by atoms with Gasteiger partial charge in [-0.15, -0.1) is 0 Å². The van der Waals surface area contributed by atoms with Gasteiger partial charge in [-0.05, 0) is 43.3 Å². The topological polar surface area (TPSA) is 25.2 Å². The van der Waals surface area contributed by atoms with Gasteiger partial charge in [-0.25, -0.2) is 4.39 Å². The molecular formula is C18H18FNO. The first-order valence-corrected chi connectivity index (χ1v) is 7.21. The van der Waals surface area contributed by atoms with Crippen molar-refractivity contribution in [2.24, 2.45) is 0 Å². The van der Waals surface area contributed by atoms with Crippen LogP contribution in [0.5, 0.6) is 0 Å². The van der Waals surface area contributed by atoms with Crippen molar-refractivity contribution in [3.05, 3.63) is 59.9 Å². The molecule has 0 fully saturated rings. The highest BCUT2D eigenvalue weighted by atomic mass is 19.1. The van der Waals surface area contributed by atoms with Crippen LogP contribution >= 0.6 is 0 Å². The van der Waals surface area contributed by atoms with E-state index in [2.05, 4.69) is 19.2 Å². The van der Waals surface area contributed by atoms with Crippen molar-refractivity contribution in [2.75, 3.05) is 6.54 Å². The van der Waals surface area contributed by atoms with Gasteiger partial charge in [0.15, 0.2) is 0 Å². The Bertz CT molecular complexity index is 730. The number of furan rings is 1. The Morgan fingerprint density at radius 1 is 1.14 bits per heavy atom. The molecule has 0 aliphatic rings. The lowest BCUT2D eigenvalue weighted by molar-refractivity contribution is 0.585. The number of hydrogen-bond acceptors (Lipinski definition) is 2. The van der Waals surface area contributed by atoms with Gasteiger partial charge in [0.2, 0.25) is 0 Å². The Hall–Kier alpha value is -2.13. The highest BCUT2D eigenvalue weighted by molar-refractivity contribution is 5.82. The minimum Gasteiger partial charge on any atom is -0.456 e. The van der Waals surface area contributed by atoms with Crippen LogP contribution < -0.4 is 5.32 Å². The van der Waals surface area contributed by atoms with Gasteiger partial charge in [-0.2, -0.15) is 0 Å². The zero-order valence-corrected chi connectivity index (χ0v) is 12.2. The molecule has 2 aromatic carbocycles. The Kier molecular flexibility index (Phi) is 3.76. The molecule has 0 aliphatic carbocycles. The van der Waals surface area contributed by atoms with Crippen LogP contribution in [0.25, 0.3) is 22.3 Å². The largest absolute Gasteiger partial charge is 0.456 e. The maximum atomic E-state index is 14.2. The van der Waals surface area contributed by atoms with Crippen LogP contribution in [0.1, 0.15) is 25.5 Å². The highest BCUT2D eigenvalue weighted by Crippen LogP contribution is 2.31. The molecule has 0 aliphatic heterocycles. The van der Waals surface area contributed by atoms with Crippen molar-refractivity contribution < 1.29 is 8.81 Å². The molecule has 0 saturated carbocycles. The molecule has 3 heteroatoms. The predicted octanol–water partition coefficient (Wildman–Crippen LogP) is 4.91. The summed E-state index contributed by atoms with van der Waals surface area (Å²) in [6.07, 6.45) is 0. The molecule has 0 radical (unpaired) electrons. The van der Waals surface area contributed by atoms with E-state index in [0.29, 0.717) is 11.3 Å². The summed E-state index contributed by atoms with van der Waals surface area (Å²) in [6.45, 7) is 5.00. The molecule has 2 nitrogen and oxygen atoms in total. The van der Waals surface area contributed by atoms with Crippen molar-refractivity contribution in [1.82, 2.24) is 5.32 Å². The van der Waals surface area contributed by atoms with E-state index in [1.807, 2.05) is 42.5 Å². The van der Waals surface area contributed by atoms with Gasteiger partial charge >= 0.3 is 0 Å². The molecule has 108 valence electrons. The number of halogens is 1. The summed E-state index contributed by atoms with van der Waals surface area (Å²) in [4.78, 5) is 0. The lowest BCUT2D eigenvalue weighted by Gasteiger charge is -2.13. The molecule has 0 bridgehead atoms. The predicted molar refractivity (Wildman–Crippen MR) is 83.7 cm³/mol. The fraction of sp³-hybridized carbons (Fsp3) is 0.222. The van der Waals surface area contributed by atoms with Gasteiger partial charge in [0.1, 0.15) is 17.2 Å². The molecule has 0 amide bonds. The Morgan fingerprint density at radius 3 is 2.71 bits per heavy atom. The Labute approximate surface area is 123 Å². The molecule has 1 N–H and O–H groups in total. The molecule has 0 spiro atoms. The van der Waals surface area contributed by atoms with Gasteiger partial charge in [-0.1, -0.05) is 31.2 Å². The molecule has 1 unspecified atom stereocenters. The minimum atomic E-state index is -0.262. The third kappa shape index (κ3) is 2.69. The fourth-order valence-electron chi connectivity index (χ4n) is 2.54. The summed E-state index contributed by atoms with van der Waals surface area (Å²) in [5.41, 5.74) is 2.33. The average molecular weight is 283 g/mol. The van der Waals surface area contributed by atoms with Crippen molar-refractivity contribution in [3.63, 3.8) is 0 Å². The highest BCUT2D eigenvalue weighted by Gasteiger charge is 2.13. The quantitative estimate of drug-likeness (QED) is 0.736. The summed E-state index contributed by atoms with van der Waals surface area (Å²) >= 11 is 0. The molecule has 1 aromatic heterocycles. The minimum absolute atomic E-state index is 0.179. The number of rotatable bonds is 4. The average Bonchev–Trinajstić information content (AvgIpc) is 2.91.